The van der Waals surface area contributed by atoms with Crippen LogP contribution in [0.2, 0.25) is 0 Å². The number of hydrogen-bond acceptors (Lipinski definition) is 3. The molecule has 0 aliphatic carbocycles. The van der Waals surface area contributed by atoms with Crippen molar-refractivity contribution in [2.24, 2.45) is 0 Å². The fraction of sp³-hybridized carbons (Fsp3) is 0.417. The van der Waals surface area contributed by atoms with Gasteiger partial charge in [0.1, 0.15) is 5.75 Å². The Balaban J connectivity index is 2.42. The van der Waals surface area contributed by atoms with Gasteiger partial charge in [-0.25, -0.2) is 0 Å². The predicted octanol–water partition coefficient (Wildman–Crippen LogP) is 1.53. The van der Waals surface area contributed by atoms with Crippen molar-refractivity contribution in [1.82, 2.24) is 0 Å². The second-order valence-corrected chi connectivity index (χ2v) is 4.05. The van der Waals surface area contributed by atoms with Gasteiger partial charge < -0.3 is 14.9 Å². The number of phenols is 1. The van der Waals surface area contributed by atoms with E-state index in [4.69, 9.17) is 4.74 Å². The Bertz CT molecular complexity index is 394. The molecule has 0 atom stereocenters. The summed E-state index contributed by atoms with van der Waals surface area (Å²) in [7, 11) is 0. The van der Waals surface area contributed by atoms with Crippen LogP contribution in [0.5, 0.6) is 5.75 Å². The first-order chi connectivity index (χ1) is 7.65. The van der Waals surface area contributed by atoms with E-state index < -0.39 is 11.4 Å². The summed E-state index contributed by atoms with van der Waals surface area (Å²) in [6.07, 6.45) is 0.900. The average Bonchev–Trinajstić information content (AvgIpc) is 2.30. The second kappa shape index (κ2) is 4.14. The summed E-state index contributed by atoms with van der Waals surface area (Å²) in [5, 5.41) is 18.8. The molecule has 0 saturated carbocycles. The van der Waals surface area contributed by atoms with E-state index >= 15 is 0 Å². The average molecular weight is 222 g/mol. The van der Waals surface area contributed by atoms with Gasteiger partial charge in [0.2, 0.25) is 0 Å². The predicted molar refractivity (Wildman–Crippen MR) is 57.5 cm³/mol. The van der Waals surface area contributed by atoms with Crippen LogP contribution < -0.4 is 0 Å². The molecular weight excluding hydrogens is 208 g/mol. The minimum atomic E-state index is -0.906. The number of carboxylic acid groups (broad SMARTS) is 1. The molecule has 1 saturated heterocycles. The number of ether oxygens (including phenoxy) is 1. The lowest BCUT2D eigenvalue weighted by Gasteiger charge is -2.33. The molecule has 0 radical (unpaired) electrons. The highest BCUT2D eigenvalue weighted by atomic mass is 16.5. The Kier molecular flexibility index (Phi) is 2.83. The Hall–Kier alpha value is -1.55. The molecule has 0 amide bonds. The molecule has 0 unspecified atom stereocenters. The van der Waals surface area contributed by atoms with Gasteiger partial charge in [-0.05, 0) is 30.5 Å². The Morgan fingerprint density at radius 1 is 1.31 bits per heavy atom. The van der Waals surface area contributed by atoms with Gasteiger partial charge in [-0.1, -0.05) is 12.1 Å². The molecule has 1 aliphatic heterocycles. The number of rotatable bonds is 2. The summed E-state index contributed by atoms with van der Waals surface area (Å²) in [6.45, 7) is 0.893. The molecule has 1 aliphatic rings. The topological polar surface area (TPSA) is 66.8 Å². The van der Waals surface area contributed by atoms with E-state index in [1.165, 1.54) is 6.07 Å². The monoisotopic (exact) mass is 222 g/mol. The molecule has 1 aromatic carbocycles. The van der Waals surface area contributed by atoms with Crippen molar-refractivity contribution in [2.75, 3.05) is 13.2 Å². The van der Waals surface area contributed by atoms with Crippen molar-refractivity contribution in [3.05, 3.63) is 29.8 Å². The van der Waals surface area contributed by atoms with Crippen LogP contribution in [0, 0.1) is 0 Å². The van der Waals surface area contributed by atoms with Crippen LogP contribution in [0.25, 0.3) is 0 Å². The van der Waals surface area contributed by atoms with E-state index in [1.807, 2.05) is 0 Å². The SMILES string of the molecule is O=C(O)C1(c2cccc(O)c2)CCOCC1. The molecule has 0 bridgehead atoms. The van der Waals surface area contributed by atoms with Gasteiger partial charge in [0.25, 0.3) is 0 Å². The van der Waals surface area contributed by atoms with Crippen molar-refractivity contribution in [2.45, 2.75) is 18.3 Å². The smallest absolute Gasteiger partial charge is 0.314 e. The molecule has 1 heterocycles. The van der Waals surface area contributed by atoms with Gasteiger partial charge in [-0.3, -0.25) is 4.79 Å². The summed E-state index contributed by atoms with van der Waals surface area (Å²) in [5.74, 6) is -0.744. The number of aliphatic carboxylic acids is 1. The standard InChI is InChI=1S/C12H14O4/c13-10-3-1-2-9(8-10)12(11(14)15)4-6-16-7-5-12/h1-3,8,13H,4-7H2,(H,14,15). The lowest BCUT2D eigenvalue weighted by molar-refractivity contribution is -0.147. The fourth-order valence-corrected chi connectivity index (χ4v) is 2.15. The van der Waals surface area contributed by atoms with Gasteiger partial charge >= 0.3 is 5.97 Å². The van der Waals surface area contributed by atoms with Crippen LogP contribution in [0.3, 0.4) is 0 Å². The zero-order valence-electron chi connectivity index (χ0n) is 8.85. The summed E-state index contributed by atoms with van der Waals surface area (Å²) < 4.78 is 5.20. The molecule has 2 N–H and O–H groups in total. The van der Waals surface area contributed by atoms with Gasteiger partial charge in [0.15, 0.2) is 0 Å². The van der Waals surface area contributed by atoms with Crippen molar-refractivity contribution in [3.63, 3.8) is 0 Å². The quantitative estimate of drug-likeness (QED) is 0.796. The molecule has 86 valence electrons. The first-order valence-corrected chi connectivity index (χ1v) is 5.26. The van der Waals surface area contributed by atoms with E-state index in [2.05, 4.69) is 0 Å². The molecule has 1 aromatic rings. The maximum absolute atomic E-state index is 11.5. The molecule has 4 nitrogen and oxygen atoms in total. The van der Waals surface area contributed by atoms with Crippen LogP contribution in [-0.2, 0) is 14.9 Å². The van der Waals surface area contributed by atoms with Crippen LogP contribution in [0.4, 0.5) is 0 Å². The first kappa shape index (κ1) is 11.0. The highest BCUT2D eigenvalue weighted by Gasteiger charge is 2.41. The Morgan fingerprint density at radius 2 is 2.00 bits per heavy atom. The number of aromatic hydroxyl groups is 1. The summed E-state index contributed by atoms with van der Waals surface area (Å²) in [4.78, 5) is 11.5. The maximum Gasteiger partial charge on any atom is 0.314 e. The molecule has 16 heavy (non-hydrogen) atoms. The van der Waals surface area contributed by atoms with Gasteiger partial charge in [0, 0.05) is 13.2 Å². The van der Waals surface area contributed by atoms with E-state index in [0.29, 0.717) is 31.6 Å². The van der Waals surface area contributed by atoms with Crippen LogP contribution in [-0.4, -0.2) is 29.4 Å². The largest absolute Gasteiger partial charge is 0.508 e. The van der Waals surface area contributed by atoms with Gasteiger partial charge in [0.05, 0.1) is 5.41 Å². The minimum Gasteiger partial charge on any atom is -0.508 e. The van der Waals surface area contributed by atoms with Crippen LogP contribution >= 0.6 is 0 Å². The highest BCUT2D eigenvalue weighted by molar-refractivity contribution is 5.81. The van der Waals surface area contributed by atoms with Gasteiger partial charge in [-0.2, -0.15) is 0 Å². The van der Waals surface area contributed by atoms with Crippen LogP contribution in [0.1, 0.15) is 18.4 Å². The summed E-state index contributed by atoms with van der Waals surface area (Å²) in [6, 6.07) is 6.49. The molecule has 1 fully saturated rings. The zero-order valence-corrected chi connectivity index (χ0v) is 8.85. The number of phenolic OH excluding ortho intramolecular Hbond substituents is 1. The third-order valence-corrected chi connectivity index (χ3v) is 3.15. The van der Waals surface area contributed by atoms with E-state index in [9.17, 15) is 15.0 Å². The maximum atomic E-state index is 11.5. The van der Waals surface area contributed by atoms with Crippen LogP contribution in [0.15, 0.2) is 24.3 Å². The van der Waals surface area contributed by atoms with Gasteiger partial charge in [-0.15, -0.1) is 0 Å². The number of carboxylic acids is 1. The van der Waals surface area contributed by atoms with Crippen molar-refractivity contribution in [3.8, 4) is 5.75 Å². The molecule has 0 aromatic heterocycles. The molecule has 0 spiro atoms. The number of carbonyl (C=O) groups is 1. The molecule has 4 heteroatoms. The normalized spacial score (nSPS) is 19.2. The van der Waals surface area contributed by atoms with Crippen molar-refractivity contribution in [1.29, 1.82) is 0 Å². The zero-order chi connectivity index (χ0) is 11.6. The Morgan fingerprint density at radius 3 is 2.56 bits per heavy atom. The van der Waals surface area contributed by atoms with E-state index in [1.54, 1.807) is 18.2 Å². The third-order valence-electron chi connectivity index (χ3n) is 3.15. The number of benzene rings is 1. The fourth-order valence-electron chi connectivity index (χ4n) is 2.15. The molecular formula is C12H14O4. The highest BCUT2D eigenvalue weighted by Crippen LogP contribution is 2.36. The second-order valence-electron chi connectivity index (χ2n) is 4.05. The third kappa shape index (κ3) is 1.76. The Labute approximate surface area is 93.5 Å². The lowest BCUT2D eigenvalue weighted by Crippen LogP contribution is -2.41. The number of hydrogen-bond donors (Lipinski definition) is 2. The minimum absolute atomic E-state index is 0.101. The summed E-state index contributed by atoms with van der Waals surface area (Å²) in [5.41, 5.74) is -0.250. The first-order valence-electron chi connectivity index (χ1n) is 5.26. The van der Waals surface area contributed by atoms with Crippen molar-refractivity contribution < 1.29 is 19.7 Å². The summed E-state index contributed by atoms with van der Waals surface area (Å²) >= 11 is 0. The lowest BCUT2D eigenvalue weighted by atomic mass is 9.74. The van der Waals surface area contributed by atoms with E-state index in [0.717, 1.165) is 0 Å². The molecule has 2 rings (SSSR count). The van der Waals surface area contributed by atoms with Crippen molar-refractivity contribution >= 4 is 5.97 Å². The van der Waals surface area contributed by atoms with E-state index in [-0.39, 0.29) is 5.75 Å².